The molecule has 2 aromatic rings. The molecule has 1 unspecified atom stereocenters. The van der Waals surface area contributed by atoms with Crippen LogP contribution in [0.4, 0.5) is 0 Å². The Morgan fingerprint density at radius 3 is 2.52 bits per heavy atom. The highest BCUT2D eigenvalue weighted by Crippen LogP contribution is 2.35. The average molecular weight is 370 g/mol. The molecule has 27 heavy (non-hydrogen) atoms. The van der Waals surface area contributed by atoms with Gasteiger partial charge in [0.2, 0.25) is 0 Å². The van der Waals surface area contributed by atoms with Gasteiger partial charge in [0.05, 0.1) is 20.3 Å². The first-order chi connectivity index (χ1) is 13.2. The van der Waals surface area contributed by atoms with Gasteiger partial charge < -0.3 is 14.2 Å². The van der Waals surface area contributed by atoms with Crippen LogP contribution in [0.5, 0.6) is 17.2 Å². The zero-order valence-electron chi connectivity index (χ0n) is 16.7. The largest absolute Gasteiger partial charge is 0.497 e. The molecule has 0 aliphatic carbocycles. The molecule has 146 valence electrons. The fraction of sp³-hybridized carbons (Fsp3) is 0.478. The van der Waals surface area contributed by atoms with E-state index in [1.807, 2.05) is 6.92 Å². The van der Waals surface area contributed by atoms with Crippen molar-refractivity contribution in [1.29, 1.82) is 0 Å². The molecule has 0 amide bonds. The highest BCUT2D eigenvalue weighted by Gasteiger charge is 2.26. The third-order valence-corrected chi connectivity index (χ3v) is 5.02. The molecule has 0 bridgehead atoms. The maximum atomic E-state index is 5.83. The number of hydrogen-bond donors (Lipinski definition) is 0. The summed E-state index contributed by atoms with van der Waals surface area (Å²) in [5.41, 5.74) is 2.63. The molecule has 0 saturated carbocycles. The van der Waals surface area contributed by atoms with Crippen LogP contribution in [-0.4, -0.2) is 31.8 Å². The lowest BCUT2D eigenvalue weighted by atomic mass is 10.0. The van der Waals surface area contributed by atoms with Gasteiger partial charge in [-0.3, -0.25) is 4.90 Å². The van der Waals surface area contributed by atoms with Crippen molar-refractivity contribution >= 4 is 0 Å². The van der Waals surface area contributed by atoms with Gasteiger partial charge in [0, 0.05) is 12.6 Å². The van der Waals surface area contributed by atoms with Crippen LogP contribution in [0.25, 0.3) is 0 Å². The molecule has 1 aliphatic heterocycles. The fourth-order valence-corrected chi connectivity index (χ4v) is 3.70. The van der Waals surface area contributed by atoms with E-state index in [2.05, 4.69) is 54.3 Å². The SMILES string of the molecule is CCCOc1ccc(CN2CCCC2c2ccc(OC)cc2)cc1OCC. The van der Waals surface area contributed by atoms with E-state index in [9.17, 15) is 0 Å². The van der Waals surface area contributed by atoms with Crippen molar-refractivity contribution in [3.63, 3.8) is 0 Å². The summed E-state index contributed by atoms with van der Waals surface area (Å²) in [6, 6.07) is 15.3. The molecule has 2 aromatic carbocycles. The first-order valence-corrected chi connectivity index (χ1v) is 10.0. The lowest BCUT2D eigenvalue weighted by Crippen LogP contribution is -2.22. The zero-order chi connectivity index (χ0) is 19.1. The van der Waals surface area contributed by atoms with Gasteiger partial charge in [-0.2, -0.15) is 0 Å². The Bertz CT molecular complexity index is 714. The summed E-state index contributed by atoms with van der Waals surface area (Å²) >= 11 is 0. The molecule has 0 spiro atoms. The molecule has 3 rings (SSSR count). The lowest BCUT2D eigenvalue weighted by molar-refractivity contribution is 0.246. The highest BCUT2D eigenvalue weighted by atomic mass is 16.5. The summed E-state index contributed by atoms with van der Waals surface area (Å²) in [7, 11) is 1.71. The van der Waals surface area contributed by atoms with Gasteiger partial charge in [-0.25, -0.2) is 0 Å². The number of ether oxygens (including phenoxy) is 3. The Hall–Kier alpha value is -2.20. The predicted octanol–water partition coefficient (Wildman–Crippen LogP) is 5.22. The lowest BCUT2D eigenvalue weighted by Gasteiger charge is -2.25. The molecule has 1 heterocycles. The average Bonchev–Trinajstić information content (AvgIpc) is 3.16. The summed E-state index contributed by atoms with van der Waals surface area (Å²) in [5, 5.41) is 0. The van der Waals surface area contributed by atoms with E-state index in [-0.39, 0.29) is 0 Å². The number of rotatable bonds is 9. The van der Waals surface area contributed by atoms with Gasteiger partial charge in [0.1, 0.15) is 5.75 Å². The van der Waals surface area contributed by atoms with E-state index >= 15 is 0 Å². The number of benzene rings is 2. The molecule has 1 atom stereocenters. The topological polar surface area (TPSA) is 30.9 Å². The van der Waals surface area contributed by atoms with Gasteiger partial charge in [-0.1, -0.05) is 25.1 Å². The molecule has 0 radical (unpaired) electrons. The fourth-order valence-electron chi connectivity index (χ4n) is 3.70. The molecule has 0 aromatic heterocycles. The monoisotopic (exact) mass is 369 g/mol. The van der Waals surface area contributed by atoms with Gasteiger partial charge in [0.15, 0.2) is 11.5 Å². The van der Waals surface area contributed by atoms with Crippen LogP contribution in [0.15, 0.2) is 42.5 Å². The Kier molecular flexibility index (Phi) is 6.99. The summed E-state index contributed by atoms with van der Waals surface area (Å²) in [6.07, 6.45) is 3.42. The Morgan fingerprint density at radius 2 is 1.81 bits per heavy atom. The second-order valence-corrected chi connectivity index (χ2v) is 6.96. The van der Waals surface area contributed by atoms with Gasteiger partial charge >= 0.3 is 0 Å². The standard InChI is InChI=1S/C23H31NO3/c1-4-15-27-22-13-8-18(16-23(22)26-5-2)17-24-14-6-7-21(24)19-9-11-20(25-3)12-10-19/h8-13,16,21H,4-7,14-15,17H2,1-3H3. The van der Waals surface area contributed by atoms with Crippen LogP contribution < -0.4 is 14.2 Å². The predicted molar refractivity (Wildman–Crippen MR) is 109 cm³/mol. The molecule has 1 saturated heterocycles. The first kappa shape index (κ1) is 19.6. The molecule has 4 heteroatoms. The smallest absolute Gasteiger partial charge is 0.161 e. The Morgan fingerprint density at radius 1 is 1.00 bits per heavy atom. The van der Waals surface area contributed by atoms with Crippen molar-refractivity contribution < 1.29 is 14.2 Å². The second kappa shape index (κ2) is 9.65. The first-order valence-electron chi connectivity index (χ1n) is 10.0. The maximum Gasteiger partial charge on any atom is 0.161 e. The van der Waals surface area contributed by atoms with Crippen LogP contribution in [-0.2, 0) is 6.54 Å². The number of likely N-dealkylation sites (tertiary alicyclic amines) is 1. The van der Waals surface area contributed by atoms with Crippen LogP contribution in [0, 0.1) is 0 Å². The van der Waals surface area contributed by atoms with E-state index < -0.39 is 0 Å². The molecular formula is C23H31NO3. The second-order valence-electron chi connectivity index (χ2n) is 6.96. The quantitative estimate of drug-likeness (QED) is 0.606. The van der Waals surface area contributed by atoms with Crippen molar-refractivity contribution in [3.05, 3.63) is 53.6 Å². The van der Waals surface area contributed by atoms with Gasteiger partial charge in [-0.05, 0) is 68.1 Å². The van der Waals surface area contributed by atoms with Crippen LogP contribution >= 0.6 is 0 Å². The third-order valence-electron chi connectivity index (χ3n) is 5.02. The van der Waals surface area contributed by atoms with Crippen molar-refractivity contribution in [2.75, 3.05) is 26.9 Å². The van der Waals surface area contributed by atoms with Gasteiger partial charge in [0.25, 0.3) is 0 Å². The molecule has 0 N–H and O–H groups in total. The van der Waals surface area contributed by atoms with Crippen molar-refractivity contribution in [3.8, 4) is 17.2 Å². The van der Waals surface area contributed by atoms with E-state index in [1.54, 1.807) is 7.11 Å². The zero-order valence-corrected chi connectivity index (χ0v) is 16.7. The van der Waals surface area contributed by atoms with E-state index in [1.165, 1.54) is 24.0 Å². The number of nitrogens with zero attached hydrogens (tertiary/aromatic N) is 1. The van der Waals surface area contributed by atoms with Crippen LogP contribution in [0.3, 0.4) is 0 Å². The highest BCUT2D eigenvalue weighted by molar-refractivity contribution is 5.43. The summed E-state index contributed by atoms with van der Waals surface area (Å²) in [6.45, 7) is 7.52. The normalized spacial score (nSPS) is 17.1. The van der Waals surface area contributed by atoms with Crippen LogP contribution in [0.2, 0.25) is 0 Å². The molecule has 1 aliphatic rings. The maximum absolute atomic E-state index is 5.83. The summed E-state index contributed by atoms with van der Waals surface area (Å²) < 4.78 is 16.9. The minimum Gasteiger partial charge on any atom is -0.497 e. The summed E-state index contributed by atoms with van der Waals surface area (Å²) in [5.74, 6) is 2.60. The third kappa shape index (κ3) is 4.95. The Balaban J connectivity index is 1.73. The minimum atomic E-state index is 0.461. The van der Waals surface area contributed by atoms with E-state index in [4.69, 9.17) is 14.2 Å². The minimum absolute atomic E-state index is 0.461. The van der Waals surface area contributed by atoms with Gasteiger partial charge in [-0.15, -0.1) is 0 Å². The molecule has 1 fully saturated rings. The van der Waals surface area contributed by atoms with Crippen LogP contribution in [0.1, 0.15) is 50.3 Å². The number of methoxy groups -OCH3 is 1. The Labute approximate surface area is 163 Å². The molecule has 4 nitrogen and oxygen atoms in total. The molecular weight excluding hydrogens is 338 g/mol. The van der Waals surface area contributed by atoms with Crippen molar-refractivity contribution in [1.82, 2.24) is 4.90 Å². The number of hydrogen-bond acceptors (Lipinski definition) is 4. The summed E-state index contributed by atoms with van der Waals surface area (Å²) in [4.78, 5) is 2.56. The van der Waals surface area contributed by atoms with Crippen molar-refractivity contribution in [2.45, 2.75) is 45.7 Å². The van der Waals surface area contributed by atoms with E-state index in [0.717, 1.165) is 36.8 Å². The van der Waals surface area contributed by atoms with Crippen molar-refractivity contribution in [2.24, 2.45) is 0 Å². The van der Waals surface area contributed by atoms with E-state index in [0.29, 0.717) is 19.3 Å².